The molecule has 136 valence electrons. The number of aromatic amines is 1. The SMILES string of the molecule is OCc1nnc(C2Oc3cc(F)ccc3-c3[nH]c4c(F)cc(F)cc4c32)o1. The van der Waals surface area contributed by atoms with E-state index in [1.807, 2.05) is 0 Å². The third-order valence-electron chi connectivity index (χ3n) is 4.43. The van der Waals surface area contributed by atoms with Crippen molar-refractivity contribution in [3.05, 3.63) is 65.1 Å². The zero-order valence-corrected chi connectivity index (χ0v) is 13.5. The lowest BCUT2D eigenvalue weighted by molar-refractivity contribution is 0.188. The fraction of sp³-hybridized carbons (Fsp3) is 0.111. The van der Waals surface area contributed by atoms with E-state index in [0.29, 0.717) is 16.8 Å². The van der Waals surface area contributed by atoms with Gasteiger partial charge in [0.05, 0.1) is 11.2 Å². The standard InChI is InChI=1S/C18H10F3N3O3/c19-7-1-2-9-12(5-7)26-17(18-24-23-13(6-25)27-18)14-10-3-8(20)4-11(21)15(10)22-16(9)14/h1-5,17,22,25H,6H2. The van der Waals surface area contributed by atoms with Gasteiger partial charge in [-0.15, -0.1) is 10.2 Å². The predicted octanol–water partition coefficient (Wildman–Crippen LogP) is 3.61. The van der Waals surface area contributed by atoms with Crippen LogP contribution in [0.25, 0.3) is 22.2 Å². The topological polar surface area (TPSA) is 84.2 Å². The van der Waals surface area contributed by atoms with Crippen LogP contribution in [0.1, 0.15) is 23.4 Å². The van der Waals surface area contributed by atoms with E-state index >= 15 is 0 Å². The summed E-state index contributed by atoms with van der Waals surface area (Å²) in [4.78, 5) is 2.92. The summed E-state index contributed by atoms with van der Waals surface area (Å²) in [5.41, 5.74) is 1.38. The molecule has 0 radical (unpaired) electrons. The molecule has 3 heterocycles. The van der Waals surface area contributed by atoms with Crippen LogP contribution in [0.15, 0.2) is 34.7 Å². The number of hydrogen-bond donors (Lipinski definition) is 2. The van der Waals surface area contributed by atoms with E-state index in [4.69, 9.17) is 14.3 Å². The summed E-state index contributed by atoms with van der Waals surface area (Å²) in [6.07, 6.45) is -1.03. The van der Waals surface area contributed by atoms with Crippen molar-refractivity contribution in [1.29, 1.82) is 0 Å². The molecule has 1 aliphatic heterocycles. The van der Waals surface area contributed by atoms with E-state index in [1.54, 1.807) is 0 Å². The Bertz CT molecular complexity index is 1200. The number of aliphatic hydroxyl groups excluding tert-OH is 1. The number of ether oxygens (including phenoxy) is 1. The van der Waals surface area contributed by atoms with Gasteiger partial charge in [0.2, 0.25) is 12.0 Å². The minimum atomic E-state index is -1.03. The molecule has 0 spiro atoms. The molecule has 9 heteroatoms. The Kier molecular flexibility index (Phi) is 3.28. The van der Waals surface area contributed by atoms with Crippen LogP contribution < -0.4 is 4.74 Å². The Morgan fingerprint density at radius 1 is 1.07 bits per heavy atom. The lowest BCUT2D eigenvalue weighted by Gasteiger charge is -2.24. The van der Waals surface area contributed by atoms with Gasteiger partial charge in [0.25, 0.3) is 5.89 Å². The summed E-state index contributed by atoms with van der Waals surface area (Å²) in [6, 6.07) is 5.84. The van der Waals surface area contributed by atoms with Crippen LogP contribution in [0, 0.1) is 17.5 Å². The number of halogens is 3. The van der Waals surface area contributed by atoms with Crippen LogP contribution in [-0.2, 0) is 6.61 Å². The normalized spacial score (nSPS) is 15.5. The number of aromatic nitrogens is 3. The van der Waals surface area contributed by atoms with Crippen LogP contribution in [-0.4, -0.2) is 20.3 Å². The van der Waals surface area contributed by atoms with Crippen molar-refractivity contribution < 1.29 is 27.4 Å². The number of benzene rings is 2. The molecular formula is C18H10F3N3O3. The summed E-state index contributed by atoms with van der Waals surface area (Å²) in [5.74, 6) is -1.94. The summed E-state index contributed by atoms with van der Waals surface area (Å²) in [7, 11) is 0. The highest BCUT2D eigenvalue weighted by atomic mass is 19.1. The smallest absolute Gasteiger partial charge is 0.261 e. The number of H-pyrrole nitrogens is 1. The maximum atomic E-state index is 14.3. The van der Waals surface area contributed by atoms with Crippen LogP contribution in [0.2, 0.25) is 0 Å². The molecule has 1 aliphatic rings. The van der Waals surface area contributed by atoms with Crippen LogP contribution in [0.5, 0.6) is 5.75 Å². The monoisotopic (exact) mass is 373 g/mol. The van der Waals surface area contributed by atoms with Gasteiger partial charge in [-0.05, 0) is 18.2 Å². The molecule has 5 rings (SSSR count). The highest BCUT2D eigenvalue weighted by Crippen LogP contribution is 2.47. The molecule has 27 heavy (non-hydrogen) atoms. The van der Waals surface area contributed by atoms with Crippen molar-refractivity contribution in [2.75, 3.05) is 0 Å². The van der Waals surface area contributed by atoms with Gasteiger partial charge in [-0.25, -0.2) is 13.2 Å². The lowest BCUT2D eigenvalue weighted by Crippen LogP contribution is -2.15. The average Bonchev–Trinajstić information content (AvgIpc) is 3.26. The second-order valence-electron chi connectivity index (χ2n) is 6.05. The first-order valence-electron chi connectivity index (χ1n) is 7.95. The molecular weight excluding hydrogens is 363 g/mol. The van der Waals surface area contributed by atoms with Gasteiger partial charge in [-0.2, -0.15) is 0 Å². The molecule has 0 amide bonds. The lowest BCUT2D eigenvalue weighted by atomic mass is 9.97. The van der Waals surface area contributed by atoms with E-state index in [9.17, 15) is 13.2 Å². The molecule has 1 unspecified atom stereocenters. The molecule has 0 saturated heterocycles. The quantitative estimate of drug-likeness (QED) is 0.561. The zero-order chi connectivity index (χ0) is 18.7. The van der Waals surface area contributed by atoms with E-state index in [-0.39, 0.29) is 28.4 Å². The van der Waals surface area contributed by atoms with Gasteiger partial charge < -0.3 is 19.2 Å². The molecule has 2 aromatic heterocycles. The average molecular weight is 373 g/mol. The summed E-state index contributed by atoms with van der Waals surface area (Å²) >= 11 is 0. The maximum absolute atomic E-state index is 14.3. The van der Waals surface area contributed by atoms with Gasteiger partial charge in [0, 0.05) is 28.6 Å². The Hall–Kier alpha value is -3.33. The van der Waals surface area contributed by atoms with Crippen molar-refractivity contribution in [3.8, 4) is 17.0 Å². The second kappa shape index (κ2) is 5.58. The van der Waals surface area contributed by atoms with Crippen LogP contribution >= 0.6 is 0 Å². The third kappa shape index (κ3) is 2.32. The number of aliphatic hydroxyl groups is 1. The number of nitrogens with one attached hydrogen (secondary N) is 1. The van der Waals surface area contributed by atoms with Gasteiger partial charge in [0.15, 0.2) is 0 Å². The highest BCUT2D eigenvalue weighted by molar-refractivity contribution is 5.94. The van der Waals surface area contributed by atoms with E-state index in [1.165, 1.54) is 24.3 Å². The molecule has 1 atom stereocenters. The first-order chi connectivity index (χ1) is 13.0. The third-order valence-corrected chi connectivity index (χ3v) is 4.43. The minimum absolute atomic E-state index is 0.0271. The molecule has 0 bridgehead atoms. The first-order valence-corrected chi connectivity index (χ1v) is 7.95. The zero-order valence-electron chi connectivity index (χ0n) is 13.5. The number of rotatable bonds is 2. The Morgan fingerprint density at radius 2 is 1.93 bits per heavy atom. The number of hydrogen-bond acceptors (Lipinski definition) is 5. The Morgan fingerprint density at radius 3 is 2.70 bits per heavy atom. The van der Waals surface area contributed by atoms with E-state index in [2.05, 4.69) is 15.2 Å². The van der Waals surface area contributed by atoms with E-state index < -0.39 is 30.2 Å². The fourth-order valence-electron chi connectivity index (χ4n) is 3.32. The van der Waals surface area contributed by atoms with Gasteiger partial charge in [0.1, 0.15) is 29.8 Å². The Balaban J connectivity index is 1.83. The van der Waals surface area contributed by atoms with Crippen LogP contribution in [0.3, 0.4) is 0 Å². The molecule has 6 nitrogen and oxygen atoms in total. The molecule has 0 aliphatic carbocycles. The van der Waals surface area contributed by atoms with Crippen molar-refractivity contribution in [3.63, 3.8) is 0 Å². The van der Waals surface area contributed by atoms with Gasteiger partial charge >= 0.3 is 0 Å². The van der Waals surface area contributed by atoms with Crippen molar-refractivity contribution in [2.45, 2.75) is 12.7 Å². The van der Waals surface area contributed by atoms with Crippen molar-refractivity contribution >= 4 is 10.9 Å². The van der Waals surface area contributed by atoms with Crippen LogP contribution in [0.4, 0.5) is 13.2 Å². The fourth-order valence-corrected chi connectivity index (χ4v) is 3.32. The molecule has 0 saturated carbocycles. The summed E-state index contributed by atoms with van der Waals surface area (Å²) in [6.45, 7) is -0.477. The first kappa shape index (κ1) is 15.9. The number of fused-ring (bicyclic) bond motifs is 5. The number of nitrogens with zero attached hydrogens (tertiary/aromatic N) is 2. The molecule has 0 fully saturated rings. The largest absolute Gasteiger partial charge is 0.475 e. The maximum Gasteiger partial charge on any atom is 0.261 e. The van der Waals surface area contributed by atoms with Crippen molar-refractivity contribution in [2.24, 2.45) is 0 Å². The van der Waals surface area contributed by atoms with Crippen molar-refractivity contribution in [1.82, 2.24) is 15.2 Å². The van der Waals surface area contributed by atoms with Gasteiger partial charge in [-0.3, -0.25) is 0 Å². The predicted molar refractivity (Wildman–Crippen MR) is 86.3 cm³/mol. The second-order valence-corrected chi connectivity index (χ2v) is 6.05. The van der Waals surface area contributed by atoms with Gasteiger partial charge in [-0.1, -0.05) is 0 Å². The molecule has 2 N–H and O–H groups in total. The van der Waals surface area contributed by atoms with E-state index in [0.717, 1.165) is 6.07 Å². The highest BCUT2D eigenvalue weighted by Gasteiger charge is 2.35. The summed E-state index contributed by atoms with van der Waals surface area (Å²) in [5, 5.41) is 16.9. The summed E-state index contributed by atoms with van der Waals surface area (Å²) < 4.78 is 53.1. The molecule has 2 aromatic carbocycles. The Labute approximate surface area is 149 Å². The minimum Gasteiger partial charge on any atom is -0.475 e. The molecule has 4 aromatic rings.